The topological polar surface area (TPSA) is 0 Å². The molecular formula is C16H14S2. The molecule has 0 bridgehead atoms. The lowest BCUT2D eigenvalue weighted by Gasteiger charge is -1.95. The second-order valence-corrected chi connectivity index (χ2v) is 6.40. The van der Waals surface area contributed by atoms with Crippen molar-refractivity contribution in [3.05, 3.63) is 59.5 Å². The SMILES string of the molecule is CCc1ccc(-c2ccc(-c3ccccc3)s2)s1. The number of rotatable bonds is 3. The maximum atomic E-state index is 2.24. The zero-order valence-electron chi connectivity index (χ0n) is 10.2. The molecule has 0 aliphatic rings. The van der Waals surface area contributed by atoms with Gasteiger partial charge in [-0.1, -0.05) is 37.3 Å². The van der Waals surface area contributed by atoms with Gasteiger partial charge in [-0.3, -0.25) is 0 Å². The lowest BCUT2D eigenvalue weighted by molar-refractivity contribution is 1.19. The smallest absolute Gasteiger partial charge is 0.0449 e. The Morgan fingerprint density at radius 3 is 2.11 bits per heavy atom. The van der Waals surface area contributed by atoms with Crippen LogP contribution in [0.5, 0.6) is 0 Å². The van der Waals surface area contributed by atoms with Crippen molar-refractivity contribution in [2.24, 2.45) is 0 Å². The third kappa shape index (κ3) is 2.26. The van der Waals surface area contributed by atoms with Crippen molar-refractivity contribution in [3.8, 4) is 20.2 Å². The predicted octanol–water partition coefficient (Wildman–Crippen LogP) is 5.71. The summed E-state index contributed by atoms with van der Waals surface area (Å²) in [6.45, 7) is 2.21. The van der Waals surface area contributed by atoms with Crippen LogP contribution in [0.3, 0.4) is 0 Å². The molecule has 0 saturated heterocycles. The molecule has 0 nitrogen and oxygen atoms in total. The molecular weight excluding hydrogens is 256 g/mol. The molecule has 18 heavy (non-hydrogen) atoms. The predicted molar refractivity (Wildman–Crippen MR) is 82.4 cm³/mol. The van der Waals surface area contributed by atoms with Gasteiger partial charge in [0.05, 0.1) is 0 Å². The van der Waals surface area contributed by atoms with Crippen LogP contribution in [0, 0.1) is 0 Å². The van der Waals surface area contributed by atoms with E-state index in [9.17, 15) is 0 Å². The molecule has 0 N–H and O–H groups in total. The average Bonchev–Trinajstić information content (AvgIpc) is 3.08. The van der Waals surface area contributed by atoms with E-state index in [4.69, 9.17) is 0 Å². The van der Waals surface area contributed by atoms with Crippen LogP contribution in [0.1, 0.15) is 11.8 Å². The minimum absolute atomic E-state index is 1.13. The molecule has 90 valence electrons. The number of thiophene rings is 2. The molecule has 0 aliphatic heterocycles. The monoisotopic (exact) mass is 270 g/mol. The van der Waals surface area contributed by atoms with Crippen molar-refractivity contribution in [1.29, 1.82) is 0 Å². The Balaban J connectivity index is 1.94. The van der Waals surface area contributed by atoms with E-state index in [-0.39, 0.29) is 0 Å². The Morgan fingerprint density at radius 2 is 1.39 bits per heavy atom. The Kier molecular flexibility index (Phi) is 3.31. The fourth-order valence-corrected chi connectivity index (χ4v) is 3.98. The van der Waals surface area contributed by atoms with Crippen molar-refractivity contribution in [2.45, 2.75) is 13.3 Å². The zero-order chi connectivity index (χ0) is 12.4. The highest BCUT2D eigenvalue weighted by molar-refractivity contribution is 7.23. The average molecular weight is 270 g/mol. The lowest BCUT2D eigenvalue weighted by atomic mass is 10.2. The number of hydrogen-bond acceptors (Lipinski definition) is 2. The number of benzene rings is 1. The van der Waals surface area contributed by atoms with E-state index in [0.717, 1.165) is 6.42 Å². The van der Waals surface area contributed by atoms with Gasteiger partial charge in [0.2, 0.25) is 0 Å². The molecule has 0 amide bonds. The number of aryl methyl sites for hydroxylation is 1. The van der Waals surface area contributed by atoms with Crippen LogP contribution in [0.25, 0.3) is 20.2 Å². The van der Waals surface area contributed by atoms with Crippen LogP contribution < -0.4 is 0 Å². The molecule has 3 rings (SSSR count). The van der Waals surface area contributed by atoms with Crippen LogP contribution in [0.2, 0.25) is 0 Å². The first-order chi connectivity index (χ1) is 8.86. The molecule has 2 heteroatoms. The van der Waals surface area contributed by atoms with Gasteiger partial charge in [0, 0.05) is 19.5 Å². The molecule has 0 aliphatic carbocycles. The minimum atomic E-state index is 1.13. The van der Waals surface area contributed by atoms with E-state index in [1.54, 1.807) is 0 Å². The van der Waals surface area contributed by atoms with Crippen LogP contribution >= 0.6 is 22.7 Å². The third-order valence-electron chi connectivity index (χ3n) is 2.92. The van der Waals surface area contributed by atoms with Crippen molar-refractivity contribution in [3.63, 3.8) is 0 Å². The molecule has 3 aromatic rings. The summed E-state index contributed by atoms with van der Waals surface area (Å²) in [6, 6.07) is 19.5. The first-order valence-corrected chi connectivity index (χ1v) is 7.74. The molecule has 0 fully saturated rings. The maximum absolute atomic E-state index is 2.24. The molecule has 1 aromatic carbocycles. The summed E-state index contributed by atoms with van der Waals surface area (Å²) in [4.78, 5) is 5.56. The van der Waals surface area contributed by atoms with E-state index < -0.39 is 0 Å². The van der Waals surface area contributed by atoms with E-state index in [1.165, 1.54) is 25.1 Å². The second-order valence-electron chi connectivity index (χ2n) is 4.15. The lowest BCUT2D eigenvalue weighted by Crippen LogP contribution is -1.67. The van der Waals surface area contributed by atoms with E-state index in [0.29, 0.717) is 0 Å². The molecule has 0 spiro atoms. The van der Waals surface area contributed by atoms with Gasteiger partial charge in [0.25, 0.3) is 0 Å². The Hall–Kier alpha value is -1.38. The largest absolute Gasteiger partial charge is 0.139 e. The highest BCUT2D eigenvalue weighted by Crippen LogP contribution is 2.37. The quantitative estimate of drug-likeness (QED) is 0.572. The fourth-order valence-electron chi connectivity index (χ4n) is 1.93. The van der Waals surface area contributed by atoms with Gasteiger partial charge < -0.3 is 0 Å². The first kappa shape index (κ1) is 11.7. The fraction of sp³-hybridized carbons (Fsp3) is 0.125. The number of hydrogen-bond donors (Lipinski definition) is 0. The summed E-state index contributed by atoms with van der Waals surface area (Å²) < 4.78 is 0. The Labute approximate surface area is 116 Å². The Morgan fingerprint density at radius 1 is 0.722 bits per heavy atom. The normalized spacial score (nSPS) is 10.7. The summed E-state index contributed by atoms with van der Waals surface area (Å²) in [5.74, 6) is 0. The van der Waals surface area contributed by atoms with Gasteiger partial charge in [-0.2, -0.15) is 0 Å². The Bertz CT molecular complexity index is 632. The van der Waals surface area contributed by atoms with Crippen molar-refractivity contribution in [2.75, 3.05) is 0 Å². The molecule has 0 unspecified atom stereocenters. The third-order valence-corrected chi connectivity index (χ3v) is 5.48. The highest BCUT2D eigenvalue weighted by atomic mass is 32.1. The van der Waals surface area contributed by atoms with Gasteiger partial charge in [-0.05, 0) is 36.2 Å². The van der Waals surface area contributed by atoms with Crippen molar-refractivity contribution >= 4 is 22.7 Å². The van der Waals surface area contributed by atoms with E-state index in [1.807, 2.05) is 22.7 Å². The molecule has 0 atom stereocenters. The van der Waals surface area contributed by atoms with Crippen molar-refractivity contribution in [1.82, 2.24) is 0 Å². The van der Waals surface area contributed by atoms with Crippen molar-refractivity contribution < 1.29 is 0 Å². The summed E-state index contributed by atoms with van der Waals surface area (Å²) in [7, 11) is 0. The molecule has 0 radical (unpaired) electrons. The van der Waals surface area contributed by atoms with E-state index >= 15 is 0 Å². The summed E-state index contributed by atoms with van der Waals surface area (Å²) in [5.41, 5.74) is 1.31. The highest BCUT2D eigenvalue weighted by Gasteiger charge is 2.06. The van der Waals surface area contributed by atoms with Gasteiger partial charge in [0.1, 0.15) is 0 Å². The van der Waals surface area contributed by atoms with Crippen LogP contribution in [-0.4, -0.2) is 0 Å². The van der Waals surface area contributed by atoms with Gasteiger partial charge >= 0.3 is 0 Å². The van der Waals surface area contributed by atoms with Gasteiger partial charge in [-0.15, -0.1) is 22.7 Å². The van der Waals surface area contributed by atoms with Gasteiger partial charge in [-0.25, -0.2) is 0 Å². The van der Waals surface area contributed by atoms with Crippen LogP contribution in [-0.2, 0) is 6.42 Å². The summed E-state index contributed by atoms with van der Waals surface area (Å²) in [5, 5.41) is 0. The molecule has 2 aromatic heterocycles. The second kappa shape index (κ2) is 5.09. The summed E-state index contributed by atoms with van der Waals surface area (Å²) >= 11 is 3.78. The zero-order valence-corrected chi connectivity index (χ0v) is 11.9. The van der Waals surface area contributed by atoms with E-state index in [2.05, 4.69) is 61.5 Å². The minimum Gasteiger partial charge on any atom is -0.139 e. The molecule has 0 saturated carbocycles. The first-order valence-electron chi connectivity index (χ1n) is 6.11. The molecule has 2 heterocycles. The van der Waals surface area contributed by atoms with Crippen LogP contribution in [0.15, 0.2) is 54.6 Å². The summed E-state index contributed by atoms with van der Waals surface area (Å²) in [6.07, 6.45) is 1.13. The standard InChI is InChI=1S/C16H14S2/c1-2-13-8-9-15(17-13)16-11-10-14(18-16)12-6-4-3-5-7-12/h3-11H,2H2,1H3. The maximum Gasteiger partial charge on any atom is 0.0449 e. The van der Waals surface area contributed by atoms with Gasteiger partial charge in [0.15, 0.2) is 0 Å². The van der Waals surface area contributed by atoms with Crippen LogP contribution in [0.4, 0.5) is 0 Å².